The van der Waals surface area contributed by atoms with E-state index in [0.717, 1.165) is 86.6 Å². The van der Waals surface area contributed by atoms with Crippen LogP contribution in [0.3, 0.4) is 0 Å². The minimum Gasteiger partial charge on any atom is -0.480 e. The number of carboxylic acid groups (broad SMARTS) is 1. The Bertz CT molecular complexity index is 3130. The number of likely N-dealkylation sites (tertiary alicyclic amines) is 2. The lowest BCUT2D eigenvalue weighted by Crippen LogP contribution is -2.76. The largest absolute Gasteiger partial charge is 0.480 e. The first-order chi connectivity index (χ1) is 43.4. The molecular weight excluding hydrogens is 1190 g/mol. The third-order valence-corrected chi connectivity index (χ3v) is 20.1. The highest BCUT2D eigenvalue weighted by Crippen LogP contribution is 2.70. The Balaban J connectivity index is 0.000000199. The molecule has 6 N–H and O–H groups in total. The maximum atomic E-state index is 13.9. The molecule has 0 aromatic heterocycles. The first-order valence-corrected chi connectivity index (χ1v) is 33.2. The van der Waals surface area contributed by atoms with Gasteiger partial charge in [0.15, 0.2) is 0 Å². The SMILES string of the molecule is CC1(C)CCCCN1C(=O)CCC(=O)N1Cc2ccccc2C[C@H]1C(=O)O.COC(=O)C(CC12CC(NC(=O)OC(C)(C)C)(C1)C2)NC(=O)[C@@H]1Cc2ccccc2CN1C(=O)CCC(=O)N1CCCCC1(C)C.COC(=O)C(N)CC12CC(NC(=O)OC(C)(C)C)(C1)C2. The van der Waals surface area contributed by atoms with E-state index in [-0.39, 0.29) is 107 Å². The second kappa shape index (κ2) is 28.0. The first kappa shape index (κ1) is 71.5. The van der Waals surface area contributed by atoms with Gasteiger partial charge in [-0.2, -0.15) is 0 Å². The Morgan fingerprint density at radius 2 is 0.925 bits per heavy atom. The molecule has 2 aromatic rings. The molecule has 8 fully saturated rings. The Morgan fingerprint density at radius 1 is 0.548 bits per heavy atom. The molecule has 23 heteroatoms. The maximum absolute atomic E-state index is 13.9. The van der Waals surface area contributed by atoms with Crippen molar-refractivity contribution in [2.24, 2.45) is 16.6 Å². The van der Waals surface area contributed by atoms with E-state index >= 15 is 0 Å². The number of carboxylic acids is 1. The number of rotatable bonds is 17. The number of carbonyl (C=O) groups excluding carboxylic acids is 9. The van der Waals surface area contributed by atoms with E-state index < -0.39 is 59.3 Å². The van der Waals surface area contributed by atoms with Gasteiger partial charge in [-0.05, 0) is 192 Å². The van der Waals surface area contributed by atoms with Gasteiger partial charge in [0.2, 0.25) is 29.5 Å². The van der Waals surface area contributed by atoms with Crippen molar-refractivity contribution in [3.05, 3.63) is 70.8 Å². The summed E-state index contributed by atoms with van der Waals surface area (Å²) in [7, 11) is 2.64. The molecule has 10 aliphatic rings. The van der Waals surface area contributed by atoms with Gasteiger partial charge in [-0.3, -0.25) is 28.8 Å². The average molecular weight is 1300 g/mol. The van der Waals surface area contributed by atoms with Gasteiger partial charge >= 0.3 is 30.1 Å². The zero-order valence-electron chi connectivity index (χ0n) is 56.9. The number of alkyl carbamates (subject to hydrolysis) is 2. The number of benzene rings is 2. The molecule has 512 valence electrons. The second-order valence-electron chi connectivity index (χ2n) is 31.0. The van der Waals surface area contributed by atoms with Crippen LogP contribution in [0.1, 0.15) is 207 Å². The van der Waals surface area contributed by atoms with Crippen molar-refractivity contribution in [2.45, 2.75) is 268 Å². The third kappa shape index (κ3) is 17.4. The van der Waals surface area contributed by atoms with E-state index in [4.69, 9.17) is 19.9 Å². The minimum atomic E-state index is -0.999. The Kier molecular flexibility index (Phi) is 21.5. The predicted octanol–water partition coefficient (Wildman–Crippen LogP) is 7.93. The number of methoxy groups -OCH3 is 2. The van der Waals surface area contributed by atoms with Crippen LogP contribution in [-0.4, -0.2) is 169 Å². The van der Waals surface area contributed by atoms with Crippen LogP contribution in [0.15, 0.2) is 48.5 Å². The van der Waals surface area contributed by atoms with Crippen molar-refractivity contribution in [3.63, 3.8) is 0 Å². The predicted molar refractivity (Wildman–Crippen MR) is 344 cm³/mol. The molecule has 6 saturated carbocycles. The van der Waals surface area contributed by atoms with Gasteiger partial charge in [0, 0.05) is 86.9 Å². The molecule has 4 atom stereocenters. The lowest BCUT2D eigenvalue weighted by molar-refractivity contribution is -0.171. The standard InChI is InChI=1S/C35H50N4O7.C21H28N2O4.C14H24N2O4/c1-32(2,3)46-31(44)37-35-20-34(21-35,22-35)18-25(30(43)45-6)36-29(42)26-17-23-11-7-8-12-24(23)19-38(26)27(40)13-14-28(41)39-16-10-9-15-33(39,4)5;1-21(2)11-5-6-12-23(21)19(25)10-9-18(24)22-14-16-8-4-3-7-15(16)13-17(22)20(26)27;1-12(2,3)20-11(18)16-14-6-13(7-14,8-14)5-9(15)10(17)19-4/h7-8,11-12,25-26H,9-10,13-22H2,1-6H3,(H,36,42)(H,37,44);3-4,7-8,17H,5-6,9-14H2,1-2H3,(H,26,27);9H,5-8,15H2,1-4H3,(H,16,18)/t25?,26-,34?,35?;17-;/m00./s1. The first-order valence-electron chi connectivity index (χ1n) is 33.2. The van der Waals surface area contributed by atoms with Crippen LogP contribution < -0.4 is 21.7 Å². The quantitative estimate of drug-likeness (QED) is 0.0742. The molecule has 4 aliphatic heterocycles. The molecule has 2 aromatic carbocycles. The molecule has 4 heterocycles. The van der Waals surface area contributed by atoms with Crippen molar-refractivity contribution in [1.82, 2.24) is 35.6 Å². The molecule has 0 spiro atoms. The molecular formula is C70H102N8O15. The summed E-state index contributed by atoms with van der Waals surface area (Å²) in [6, 6.07) is 12.2. The van der Waals surface area contributed by atoms with Crippen LogP contribution >= 0.6 is 0 Å². The van der Waals surface area contributed by atoms with Crippen LogP contribution in [0.4, 0.5) is 9.59 Å². The van der Waals surface area contributed by atoms with Crippen molar-refractivity contribution in [2.75, 3.05) is 27.3 Å². The Hall–Kier alpha value is -7.30. The number of nitrogens with zero attached hydrogens (tertiary/aromatic N) is 4. The molecule has 23 nitrogen and oxygen atoms in total. The van der Waals surface area contributed by atoms with Crippen molar-refractivity contribution < 1.29 is 72.0 Å². The number of amides is 7. The summed E-state index contributed by atoms with van der Waals surface area (Å²) in [4.78, 5) is 133. The van der Waals surface area contributed by atoms with Crippen LogP contribution in [0.5, 0.6) is 0 Å². The lowest BCUT2D eigenvalue weighted by Gasteiger charge is -2.71. The summed E-state index contributed by atoms with van der Waals surface area (Å²) in [5.41, 5.74) is 7.60. The zero-order chi connectivity index (χ0) is 68.3. The Labute approximate surface area is 548 Å². The molecule has 6 aliphatic carbocycles. The van der Waals surface area contributed by atoms with E-state index in [1.54, 1.807) is 4.90 Å². The van der Waals surface area contributed by atoms with Crippen molar-refractivity contribution in [1.29, 1.82) is 0 Å². The number of nitrogens with one attached hydrogen (secondary N) is 3. The lowest BCUT2D eigenvalue weighted by atomic mass is 9.38. The minimum absolute atomic E-state index is 0.00757. The van der Waals surface area contributed by atoms with Gasteiger partial charge in [-0.25, -0.2) is 19.2 Å². The number of ether oxygens (including phenoxy) is 4. The fourth-order valence-electron chi connectivity index (χ4n) is 15.9. The number of hydrogen-bond donors (Lipinski definition) is 5. The van der Waals surface area contributed by atoms with Crippen LogP contribution in [0, 0.1) is 10.8 Å². The highest BCUT2D eigenvalue weighted by Gasteiger charge is 2.70. The van der Waals surface area contributed by atoms with E-state index in [2.05, 4.69) is 48.4 Å². The third-order valence-electron chi connectivity index (χ3n) is 20.1. The number of piperidine rings is 2. The van der Waals surface area contributed by atoms with Gasteiger partial charge in [0.05, 0.1) is 14.2 Å². The van der Waals surface area contributed by atoms with E-state index in [9.17, 15) is 53.1 Å². The molecule has 2 unspecified atom stereocenters. The summed E-state index contributed by atoms with van der Waals surface area (Å²) < 4.78 is 20.4. The van der Waals surface area contributed by atoms with E-state index in [1.165, 1.54) is 19.1 Å². The second-order valence-corrected chi connectivity index (χ2v) is 31.0. The van der Waals surface area contributed by atoms with Crippen molar-refractivity contribution in [3.8, 4) is 0 Å². The number of esters is 2. The normalized spacial score (nSPS) is 26.5. The summed E-state index contributed by atoms with van der Waals surface area (Å²) >= 11 is 0. The number of carbonyl (C=O) groups is 10. The number of nitrogens with two attached hydrogens (primary N) is 1. The zero-order valence-corrected chi connectivity index (χ0v) is 56.9. The molecule has 2 saturated heterocycles. The molecule has 93 heavy (non-hydrogen) atoms. The van der Waals surface area contributed by atoms with Gasteiger partial charge in [-0.15, -0.1) is 0 Å². The number of hydrogen-bond acceptors (Lipinski definition) is 15. The number of fused-ring (bicyclic) bond motifs is 2. The molecule has 4 bridgehead atoms. The summed E-state index contributed by atoms with van der Waals surface area (Å²) in [5.74, 6) is -2.92. The van der Waals surface area contributed by atoms with Crippen LogP contribution in [0.25, 0.3) is 0 Å². The highest BCUT2D eigenvalue weighted by molar-refractivity contribution is 5.93. The van der Waals surface area contributed by atoms with Gasteiger partial charge in [0.1, 0.15) is 35.4 Å². The molecule has 7 amide bonds. The van der Waals surface area contributed by atoms with E-state index in [0.29, 0.717) is 51.5 Å². The van der Waals surface area contributed by atoms with Crippen LogP contribution in [0.2, 0.25) is 0 Å². The maximum Gasteiger partial charge on any atom is 0.408 e. The van der Waals surface area contributed by atoms with Crippen molar-refractivity contribution >= 4 is 59.6 Å². The van der Waals surface area contributed by atoms with Crippen LogP contribution in [-0.2, 0) is 83.2 Å². The highest BCUT2D eigenvalue weighted by atomic mass is 16.6. The smallest absolute Gasteiger partial charge is 0.408 e. The van der Waals surface area contributed by atoms with Gasteiger partial charge < -0.3 is 65.3 Å². The summed E-state index contributed by atoms with van der Waals surface area (Å²) in [5, 5.41) is 18.4. The fourth-order valence-corrected chi connectivity index (χ4v) is 15.9. The summed E-state index contributed by atoms with van der Waals surface area (Å²) in [6.07, 6.45) is 11.8. The van der Waals surface area contributed by atoms with Gasteiger partial charge in [-0.1, -0.05) is 48.5 Å². The molecule has 0 radical (unpaired) electrons. The fraction of sp³-hybridized carbons (Fsp3) is 0.686. The Morgan fingerprint density at radius 3 is 1.31 bits per heavy atom. The topological polar surface area (TPSA) is 303 Å². The van der Waals surface area contributed by atoms with Gasteiger partial charge in [0.25, 0.3) is 0 Å². The van der Waals surface area contributed by atoms with E-state index in [1.807, 2.05) is 99.9 Å². The number of aliphatic carboxylic acids is 1. The monoisotopic (exact) mass is 1290 g/mol. The molecule has 12 rings (SSSR count). The summed E-state index contributed by atoms with van der Waals surface area (Å²) in [6.45, 7) is 21.2. The average Bonchev–Trinajstić information content (AvgIpc) is 0.690.